The van der Waals surface area contributed by atoms with Gasteiger partial charge in [0.15, 0.2) is 17.2 Å². The normalized spacial score (nSPS) is 10.3. The summed E-state index contributed by atoms with van der Waals surface area (Å²) in [6.45, 7) is 0. The van der Waals surface area contributed by atoms with Crippen molar-refractivity contribution >= 4 is 10.9 Å². The molecule has 0 spiro atoms. The van der Waals surface area contributed by atoms with Crippen molar-refractivity contribution in [1.82, 2.24) is 0 Å². The highest BCUT2D eigenvalue weighted by Crippen LogP contribution is 2.42. The summed E-state index contributed by atoms with van der Waals surface area (Å²) in [6, 6.07) is 21.0. The van der Waals surface area contributed by atoms with Gasteiger partial charge in [-0.1, -0.05) is 36.4 Å². The Labute approximate surface area is 148 Å². The number of hydrogen-bond donors (Lipinski definition) is 3. The van der Waals surface area contributed by atoms with E-state index in [1.165, 1.54) is 0 Å². The molecule has 3 rings (SSSR count). The van der Waals surface area contributed by atoms with Crippen LogP contribution in [0.5, 0.6) is 17.2 Å². The lowest BCUT2D eigenvalue weighted by molar-refractivity contribution is -0.00000768. The van der Waals surface area contributed by atoms with Crippen LogP contribution in [-0.4, -0.2) is 15.3 Å². The summed E-state index contributed by atoms with van der Waals surface area (Å²) in [6.07, 6.45) is 0. The second-order valence-corrected chi connectivity index (χ2v) is 6.64. The molecule has 0 bridgehead atoms. The van der Waals surface area contributed by atoms with E-state index < -0.39 is 10.9 Å². The molecular formula is C18H15BrO3S. The molecule has 5 heteroatoms. The maximum atomic E-state index is 10.2. The van der Waals surface area contributed by atoms with Gasteiger partial charge in [0.1, 0.15) is 10.9 Å². The molecule has 0 aliphatic carbocycles. The summed E-state index contributed by atoms with van der Waals surface area (Å²) in [4.78, 5) is 1.97. The Morgan fingerprint density at radius 2 is 0.739 bits per heavy atom. The minimum absolute atomic E-state index is 0. The standard InChI is InChI=1S/C18H14O3S.BrH/c19-13-7-1-4-10-16(13)22(17-11-5-2-8-14(17)20)18-12-6-3-9-15(18)21;/h1-12H,(H2-,19,20,21);1H. The van der Waals surface area contributed by atoms with E-state index in [-0.39, 0.29) is 34.2 Å². The molecule has 3 aromatic rings. The molecule has 0 unspecified atom stereocenters. The minimum atomic E-state index is -0.799. The summed E-state index contributed by atoms with van der Waals surface area (Å²) in [5, 5.41) is 30.7. The Hall–Kier alpha value is -2.11. The number of phenols is 3. The van der Waals surface area contributed by atoms with Crippen LogP contribution < -0.4 is 17.0 Å². The van der Waals surface area contributed by atoms with Crippen molar-refractivity contribution in [3.63, 3.8) is 0 Å². The zero-order valence-electron chi connectivity index (χ0n) is 12.1. The third-order valence-corrected chi connectivity index (χ3v) is 5.61. The highest BCUT2D eigenvalue weighted by molar-refractivity contribution is 7.97. The topological polar surface area (TPSA) is 60.7 Å². The molecule has 0 aromatic heterocycles. The molecule has 0 aliphatic heterocycles. The smallest absolute Gasteiger partial charge is 0.208 e. The van der Waals surface area contributed by atoms with Gasteiger partial charge in [0, 0.05) is 0 Å². The first kappa shape index (κ1) is 17.2. The Morgan fingerprint density at radius 1 is 0.478 bits per heavy atom. The van der Waals surface area contributed by atoms with E-state index in [1.807, 2.05) is 18.2 Å². The van der Waals surface area contributed by atoms with Crippen LogP contribution >= 0.6 is 0 Å². The predicted molar refractivity (Wildman–Crippen MR) is 86.5 cm³/mol. The lowest BCUT2D eigenvalue weighted by Crippen LogP contribution is -3.00. The molecule has 118 valence electrons. The van der Waals surface area contributed by atoms with Gasteiger partial charge in [0.05, 0.1) is 0 Å². The third kappa shape index (κ3) is 3.46. The molecule has 0 saturated heterocycles. The maximum Gasteiger partial charge on any atom is 0.208 e. The number of phenolic OH excluding ortho intramolecular Hbond substituents is 3. The summed E-state index contributed by atoms with van der Waals surface area (Å²) in [7, 11) is -0.799. The van der Waals surface area contributed by atoms with Crippen molar-refractivity contribution in [3.05, 3.63) is 72.8 Å². The van der Waals surface area contributed by atoms with Crippen molar-refractivity contribution in [2.75, 3.05) is 0 Å². The van der Waals surface area contributed by atoms with Crippen molar-refractivity contribution in [1.29, 1.82) is 0 Å². The third-order valence-electron chi connectivity index (χ3n) is 3.26. The van der Waals surface area contributed by atoms with Crippen molar-refractivity contribution in [2.45, 2.75) is 14.7 Å². The first-order valence-corrected chi connectivity index (χ1v) is 7.99. The minimum Gasteiger partial charge on any atom is -1.00 e. The van der Waals surface area contributed by atoms with Crippen LogP contribution in [0, 0.1) is 0 Å². The second-order valence-electron chi connectivity index (χ2n) is 4.71. The van der Waals surface area contributed by atoms with E-state index in [0.29, 0.717) is 14.7 Å². The van der Waals surface area contributed by atoms with Gasteiger partial charge >= 0.3 is 0 Å². The molecule has 0 saturated carbocycles. The molecule has 0 radical (unpaired) electrons. The number of benzene rings is 3. The molecule has 23 heavy (non-hydrogen) atoms. The SMILES string of the molecule is Oc1ccccc1[S+](c1ccccc1O)c1ccccc1O.[Br-]. The van der Waals surface area contributed by atoms with Crippen molar-refractivity contribution < 1.29 is 32.3 Å². The zero-order valence-corrected chi connectivity index (χ0v) is 14.5. The molecule has 0 atom stereocenters. The highest BCUT2D eigenvalue weighted by Gasteiger charge is 2.36. The molecule has 3 nitrogen and oxygen atoms in total. The molecule has 0 heterocycles. The summed E-state index contributed by atoms with van der Waals surface area (Å²) in [5.41, 5.74) is 0. The van der Waals surface area contributed by atoms with Crippen LogP contribution in [0.1, 0.15) is 0 Å². The summed E-state index contributed by atoms with van der Waals surface area (Å²) in [5.74, 6) is 0.409. The van der Waals surface area contributed by atoms with Gasteiger partial charge in [-0.3, -0.25) is 0 Å². The Bertz CT molecular complexity index is 699. The Balaban J connectivity index is 0.00000192. The van der Waals surface area contributed by atoms with E-state index in [9.17, 15) is 15.3 Å². The van der Waals surface area contributed by atoms with Crippen LogP contribution in [0.2, 0.25) is 0 Å². The monoisotopic (exact) mass is 390 g/mol. The largest absolute Gasteiger partial charge is 1.00 e. The fourth-order valence-electron chi connectivity index (χ4n) is 2.24. The molecule has 3 N–H and O–H groups in total. The van der Waals surface area contributed by atoms with Gasteiger partial charge in [-0.05, 0) is 36.4 Å². The maximum absolute atomic E-state index is 10.2. The number of aromatic hydroxyl groups is 3. The van der Waals surface area contributed by atoms with Crippen LogP contribution in [0.15, 0.2) is 87.5 Å². The van der Waals surface area contributed by atoms with Crippen LogP contribution in [0.4, 0.5) is 0 Å². The zero-order chi connectivity index (χ0) is 15.5. The molecule has 0 aliphatic rings. The number of rotatable bonds is 3. The lowest BCUT2D eigenvalue weighted by atomic mass is 10.3. The van der Waals surface area contributed by atoms with Crippen molar-refractivity contribution in [3.8, 4) is 17.2 Å². The van der Waals surface area contributed by atoms with E-state index in [0.717, 1.165) is 0 Å². The van der Waals surface area contributed by atoms with Crippen molar-refractivity contribution in [2.24, 2.45) is 0 Å². The number of para-hydroxylation sites is 3. The van der Waals surface area contributed by atoms with E-state index in [4.69, 9.17) is 0 Å². The Kier molecular flexibility index (Phi) is 5.58. The van der Waals surface area contributed by atoms with Gasteiger partial charge in [-0.15, -0.1) is 0 Å². The predicted octanol–water partition coefficient (Wildman–Crippen LogP) is 0.903. The first-order chi connectivity index (χ1) is 10.7. The molecular weight excluding hydrogens is 376 g/mol. The summed E-state index contributed by atoms with van der Waals surface area (Å²) >= 11 is 0. The second kappa shape index (κ2) is 7.44. The average molecular weight is 391 g/mol. The number of hydrogen-bond acceptors (Lipinski definition) is 3. The highest BCUT2D eigenvalue weighted by atomic mass is 79.9. The van der Waals surface area contributed by atoms with Gasteiger partial charge in [0.2, 0.25) is 14.7 Å². The van der Waals surface area contributed by atoms with Gasteiger partial charge in [-0.2, -0.15) is 0 Å². The first-order valence-electron chi connectivity index (χ1n) is 6.77. The number of halogens is 1. The van der Waals surface area contributed by atoms with Crippen LogP contribution in [-0.2, 0) is 10.9 Å². The van der Waals surface area contributed by atoms with E-state index in [2.05, 4.69) is 0 Å². The van der Waals surface area contributed by atoms with Gasteiger partial charge in [0.25, 0.3) is 0 Å². The molecule has 3 aromatic carbocycles. The Morgan fingerprint density at radius 3 is 1.00 bits per heavy atom. The lowest BCUT2D eigenvalue weighted by Gasteiger charge is -2.11. The van der Waals surface area contributed by atoms with Gasteiger partial charge in [-0.25, -0.2) is 0 Å². The van der Waals surface area contributed by atoms with Crippen LogP contribution in [0.3, 0.4) is 0 Å². The van der Waals surface area contributed by atoms with E-state index in [1.54, 1.807) is 54.6 Å². The van der Waals surface area contributed by atoms with E-state index >= 15 is 0 Å². The molecule has 0 amide bonds. The quantitative estimate of drug-likeness (QED) is 0.582. The molecule has 0 fully saturated rings. The average Bonchev–Trinajstić information content (AvgIpc) is 2.53. The summed E-state index contributed by atoms with van der Waals surface area (Å²) < 4.78 is 0. The fraction of sp³-hybridized carbons (Fsp3) is 0. The van der Waals surface area contributed by atoms with Crippen LogP contribution in [0.25, 0.3) is 0 Å². The fourth-order valence-corrected chi connectivity index (χ4v) is 4.43. The van der Waals surface area contributed by atoms with Gasteiger partial charge < -0.3 is 32.3 Å².